The summed E-state index contributed by atoms with van der Waals surface area (Å²) in [6.45, 7) is 4.75. The number of pyridine rings is 1. The summed E-state index contributed by atoms with van der Waals surface area (Å²) in [4.78, 5) is 20.3. The predicted molar refractivity (Wildman–Crippen MR) is 124 cm³/mol. The maximum Gasteiger partial charge on any atom is 0.254 e. The number of halogens is 1. The first kappa shape index (κ1) is 22.7. The minimum absolute atomic E-state index is 0.0549. The van der Waals surface area contributed by atoms with Crippen molar-refractivity contribution in [2.45, 2.75) is 13.0 Å². The van der Waals surface area contributed by atoms with Gasteiger partial charge in [0.15, 0.2) is 0 Å². The number of phenolic OH excluding ortho intramolecular Hbond substituents is 1. The molecule has 0 spiro atoms. The summed E-state index contributed by atoms with van der Waals surface area (Å²) in [5.41, 5.74) is 8.08. The lowest BCUT2D eigenvalue weighted by atomic mass is 9.98. The predicted octanol–water partition coefficient (Wildman–Crippen LogP) is 3.62. The monoisotopic (exact) mass is 450 g/mol. The number of carbonyl (C=O) groups is 1. The molecule has 4 rings (SSSR count). The Balaban J connectivity index is 1.62. The molecule has 0 radical (unpaired) electrons. The molecule has 3 N–H and O–H groups in total. The molecule has 0 bridgehead atoms. The molecule has 0 aliphatic carbocycles. The highest BCUT2D eigenvalue weighted by atomic mass is 19.1. The van der Waals surface area contributed by atoms with E-state index in [1.807, 2.05) is 24.3 Å². The van der Waals surface area contributed by atoms with E-state index in [0.717, 1.165) is 61.6 Å². The maximum atomic E-state index is 13.5. The van der Waals surface area contributed by atoms with Crippen molar-refractivity contribution in [3.8, 4) is 28.5 Å². The molecule has 1 fully saturated rings. The number of primary amides is 1. The first-order chi connectivity index (χ1) is 15.9. The standard InChI is InChI=1S/C25H27FN4O3/c1-29-8-3-9-30(11-10-29)16-18-12-20(31)6-7-22(18)17-4-2-5-21(13-17)33-25-23(24(27)32)14-19(26)15-28-25/h2,4-7,12-15,31H,3,8-11,16H2,1H3,(H2,27,32). The normalized spacial score (nSPS) is 15.2. The summed E-state index contributed by atoms with van der Waals surface area (Å²) < 4.78 is 19.3. The first-order valence-electron chi connectivity index (χ1n) is 10.9. The Morgan fingerprint density at radius 3 is 2.82 bits per heavy atom. The van der Waals surface area contributed by atoms with Crippen molar-refractivity contribution >= 4 is 5.91 Å². The van der Waals surface area contributed by atoms with Gasteiger partial charge in [0.1, 0.15) is 22.9 Å². The second-order valence-electron chi connectivity index (χ2n) is 8.27. The third-order valence-electron chi connectivity index (χ3n) is 5.74. The molecule has 172 valence electrons. The second kappa shape index (κ2) is 9.97. The largest absolute Gasteiger partial charge is 0.508 e. The molecular weight excluding hydrogens is 423 g/mol. The minimum Gasteiger partial charge on any atom is -0.508 e. The number of carbonyl (C=O) groups excluding carboxylic acids is 1. The van der Waals surface area contributed by atoms with E-state index in [1.165, 1.54) is 0 Å². The van der Waals surface area contributed by atoms with Crippen LogP contribution >= 0.6 is 0 Å². The van der Waals surface area contributed by atoms with E-state index >= 15 is 0 Å². The van der Waals surface area contributed by atoms with Gasteiger partial charge in [-0.3, -0.25) is 9.69 Å². The Morgan fingerprint density at radius 1 is 1.15 bits per heavy atom. The number of likely N-dealkylation sites (N-methyl/N-ethyl adjacent to an activating group) is 1. The van der Waals surface area contributed by atoms with Gasteiger partial charge in [0.05, 0.1) is 6.20 Å². The third kappa shape index (κ3) is 5.66. The van der Waals surface area contributed by atoms with Crippen LogP contribution in [0.25, 0.3) is 11.1 Å². The Morgan fingerprint density at radius 2 is 2.00 bits per heavy atom. The average molecular weight is 451 g/mol. The Labute approximate surface area is 192 Å². The highest BCUT2D eigenvalue weighted by molar-refractivity contribution is 5.95. The average Bonchev–Trinajstić information content (AvgIpc) is 2.99. The summed E-state index contributed by atoms with van der Waals surface area (Å²) in [6.07, 6.45) is 2.07. The number of ether oxygens (including phenoxy) is 1. The fourth-order valence-electron chi connectivity index (χ4n) is 4.01. The number of aromatic nitrogens is 1. The van der Waals surface area contributed by atoms with E-state index in [4.69, 9.17) is 10.5 Å². The molecule has 33 heavy (non-hydrogen) atoms. The van der Waals surface area contributed by atoms with Crippen LogP contribution in [0.5, 0.6) is 17.4 Å². The van der Waals surface area contributed by atoms with Gasteiger partial charge in [-0.05, 0) is 73.6 Å². The Hall–Kier alpha value is -3.49. The summed E-state index contributed by atoms with van der Waals surface area (Å²) in [5, 5.41) is 10.1. The lowest BCUT2D eigenvalue weighted by Crippen LogP contribution is -2.28. The molecule has 0 saturated carbocycles. The van der Waals surface area contributed by atoms with Crippen LogP contribution in [0.2, 0.25) is 0 Å². The van der Waals surface area contributed by atoms with Gasteiger partial charge in [0, 0.05) is 19.6 Å². The fourth-order valence-corrected chi connectivity index (χ4v) is 4.01. The molecule has 0 atom stereocenters. The third-order valence-corrected chi connectivity index (χ3v) is 5.74. The van der Waals surface area contributed by atoms with Crippen molar-refractivity contribution in [1.29, 1.82) is 0 Å². The van der Waals surface area contributed by atoms with Gasteiger partial charge >= 0.3 is 0 Å². The van der Waals surface area contributed by atoms with Crippen LogP contribution in [0.1, 0.15) is 22.3 Å². The topological polar surface area (TPSA) is 91.9 Å². The van der Waals surface area contributed by atoms with E-state index in [1.54, 1.807) is 18.2 Å². The Kier molecular flexibility index (Phi) is 6.86. The minimum atomic E-state index is -0.822. The summed E-state index contributed by atoms with van der Waals surface area (Å²) >= 11 is 0. The second-order valence-corrected chi connectivity index (χ2v) is 8.27. The van der Waals surface area contributed by atoms with E-state index in [9.17, 15) is 14.3 Å². The zero-order chi connectivity index (χ0) is 23.4. The Bertz CT molecular complexity index is 1150. The zero-order valence-electron chi connectivity index (χ0n) is 18.5. The molecule has 1 aromatic heterocycles. The van der Waals surface area contributed by atoms with Gasteiger partial charge in [-0.15, -0.1) is 0 Å². The maximum absolute atomic E-state index is 13.5. The number of rotatable bonds is 6. The van der Waals surface area contributed by atoms with Crippen LogP contribution in [-0.4, -0.2) is 59.0 Å². The lowest BCUT2D eigenvalue weighted by molar-refractivity contribution is 0.0997. The van der Waals surface area contributed by atoms with Crippen LogP contribution in [0, 0.1) is 5.82 Å². The van der Waals surface area contributed by atoms with Gasteiger partial charge in [-0.1, -0.05) is 18.2 Å². The van der Waals surface area contributed by atoms with Crippen molar-refractivity contribution in [1.82, 2.24) is 14.8 Å². The van der Waals surface area contributed by atoms with Gasteiger partial charge in [0.25, 0.3) is 5.91 Å². The van der Waals surface area contributed by atoms with Crippen LogP contribution in [0.4, 0.5) is 4.39 Å². The fraction of sp³-hybridized carbons (Fsp3) is 0.280. The highest BCUT2D eigenvalue weighted by Crippen LogP contribution is 2.32. The van der Waals surface area contributed by atoms with E-state index < -0.39 is 11.7 Å². The molecule has 1 amide bonds. The number of amides is 1. The molecule has 3 aromatic rings. The molecule has 2 heterocycles. The summed E-state index contributed by atoms with van der Waals surface area (Å²) in [5.74, 6) is -0.893. The number of benzene rings is 2. The highest BCUT2D eigenvalue weighted by Gasteiger charge is 2.17. The molecule has 0 unspecified atom stereocenters. The number of hydrogen-bond acceptors (Lipinski definition) is 6. The summed E-state index contributed by atoms with van der Waals surface area (Å²) in [6, 6.07) is 13.7. The van der Waals surface area contributed by atoms with E-state index in [-0.39, 0.29) is 17.2 Å². The van der Waals surface area contributed by atoms with Crippen molar-refractivity contribution < 1.29 is 19.0 Å². The molecule has 1 saturated heterocycles. The molecule has 1 aliphatic heterocycles. The van der Waals surface area contributed by atoms with E-state index in [2.05, 4.69) is 21.8 Å². The lowest BCUT2D eigenvalue weighted by Gasteiger charge is -2.22. The van der Waals surface area contributed by atoms with Crippen molar-refractivity contribution in [3.63, 3.8) is 0 Å². The smallest absolute Gasteiger partial charge is 0.254 e. The number of nitrogens with two attached hydrogens (primary N) is 1. The van der Waals surface area contributed by atoms with Gasteiger partial charge in [-0.2, -0.15) is 0 Å². The first-order valence-corrected chi connectivity index (χ1v) is 10.9. The van der Waals surface area contributed by atoms with Gasteiger partial charge < -0.3 is 20.5 Å². The summed E-state index contributed by atoms with van der Waals surface area (Å²) in [7, 11) is 2.13. The van der Waals surface area contributed by atoms with Crippen LogP contribution in [0.3, 0.4) is 0 Å². The number of aromatic hydroxyl groups is 1. The molecule has 2 aromatic carbocycles. The number of hydrogen-bond donors (Lipinski definition) is 2. The van der Waals surface area contributed by atoms with Gasteiger partial charge in [-0.25, -0.2) is 9.37 Å². The number of phenols is 1. The van der Waals surface area contributed by atoms with Crippen LogP contribution in [0.15, 0.2) is 54.7 Å². The van der Waals surface area contributed by atoms with Crippen molar-refractivity contribution in [2.75, 3.05) is 33.2 Å². The zero-order valence-corrected chi connectivity index (χ0v) is 18.5. The molecular formula is C25H27FN4O3. The molecule has 8 heteroatoms. The van der Waals surface area contributed by atoms with E-state index in [0.29, 0.717) is 12.3 Å². The molecule has 7 nitrogen and oxygen atoms in total. The molecule has 1 aliphatic rings. The van der Waals surface area contributed by atoms with Crippen molar-refractivity contribution in [2.24, 2.45) is 5.73 Å². The van der Waals surface area contributed by atoms with Crippen LogP contribution < -0.4 is 10.5 Å². The SMILES string of the molecule is CN1CCCN(Cc2cc(O)ccc2-c2cccc(Oc3ncc(F)cc3C(N)=O)c2)CC1. The quantitative estimate of drug-likeness (QED) is 0.596. The van der Waals surface area contributed by atoms with Gasteiger partial charge in [0.2, 0.25) is 5.88 Å². The van der Waals surface area contributed by atoms with Crippen LogP contribution in [-0.2, 0) is 6.54 Å². The van der Waals surface area contributed by atoms with Crippen molar-refractivity contribution in [3.05, 3.63) is 71.7 Å². The number of nitrogens with zero attached hydrogens (tertiary/aromatic N) is 3.